The fourth-order valence-electron chi connectivity index (χ4n) is 2.93. The van der Waals surface area contributed by atoms with Crippen LogP contribution in [0.5, 0.6) is 0 Å². The van der Waals surface area contributed by atoms with Crippen molar-refractivity contribution in [3.8, 4) is 0 Å². The van der Waals surface area contributed by atoms with Gasteiger partial charge in [-0.3, -0.25) is 4.79 Å². The first-order valence-corrected chi connectivity index (χ1v) is 9.39. The molecule has 4 heteroatoms. The smallest absolute Gasteiger partial charge is 0.225 e. The summed E-state index contributed by atoms with van der Waals surface area (Å²) in [4.78, 5) is 16.9. The Morgan fingerprint density at radius 2 is 1.78 bits per heavy atom. The molecule has 0 saturated carbocycles. The van der Waals surface area contributed by atoms with Crippen LogP contribution in [0.2, 0.25) is 0 Å². The Balaban J connectivity index is 1.75. The number of benzene rings is 2. The molecule has 4 nitrogen and oxygen atoms in total. The molecule has 3 rings (SSSR count). The monoisotopic (exact) mass is 361 g/mol. The first-order chi connectivity index (χ1) is 12.9. The minimum Gasteiger partial charge on any atom is -0.355 e. The third-order valence-electron chi connectivity index (χ3n) is 4.45. The first-order valence-electron chi connectivity index (χ1n) is 9.39. The van der Waals surface area contributed by atoms with Gasteiger partial charge in [-0.15, -0.1) is 0 Å². The van der Waals surface area contributed by atoms with Gasteiger partial charge < -0.3 is 9.88 Å². The van der Waals surface area contributed by atoms with Crippen molar-refractivity contribution in [3.63, 3.8) is 0 Å². The standard InChI is InChI=1S/C23H27N3O/c1-23(2,3)22(27)24-16-15-21-25-19-13-7-8-14-20(19)26(21)17-9-12-18-10-5-4-6-11-18/h4-14H,15-17H2,1-3H3,(H,24,27)/b12-9+. The number of nitrogens with zero attached hydrogens (tertiary/aromatic N) is 2. The highest BCUT2D eigenvalue weighted by atomic mass is 16.2. The van der Waals surface area contributed by atoms with Gasteiger partial charge in [0.2, 0.25) is 5.91 Å². The number of nitrogens with one attached hydrogen (secondary N) is 1. The number of hydrogen-bond acceptors (Lipinski definition) is 2. The van der Waals surface area contributed by atoms with Gasteiger partial charge in [-0.25, -0.2) is 4.98 Å². The van der Waals surface area contributed by atoms with Crippen LogP contribution >= 0.6 is 0 Å². The molecule has 1 N–H and O–H groups in total. The summed E-state index contributed by atoms with van der Waals surface area (Å²) in [5, 5.41) is 3.01. The number of carbonyl (C=O) groups is 1. The van der Waals surface area contributed by atoms with E-state index in [-0.39, 0.29) is 11.3 Å². The maximum atomic E-state index is 12.1. The Morgan fingerprint density at radius 3 is 2.52 bits per heavy atom. The van der Waals surface area contributed by atoms with Crippen molar-refractivity contribution < 1.29 is 4.79 Å². The van der Waals surface area contributed by atoms with Gasteiger partial charge in [0.15, 0.2) is 0 Å². The second-order valence-corrected chi connectivity index (χ2v) is 7.70. The molecule has 0 bridgehead atoms. The molecule has 1 amide bonds. The Hall–Kier alpha value is -2.88. The van der Waals surface area contributed by atoms with E-state index in [9.17, 15) is 4.79 Å². The topological polar surface area (TPSA) is 46.9 Å². The summed E-state index contributed by atoms with van der Waals surface area (Å²) in [6, 6.07) is 18.4. The minimum atomic E-state index is -0.376. The van der Waals surface area contributed by atoms with E-state index in [2.05, 4.69) is 40.2 Å². The highest BCUT2D eigenvalue weighted by molar-refractivity contribution is 5.81. The maximum Gasteiger partial charge on any atom is 0.225 e. The average Bonchev–Trinajstić information content (AvgIpc) is 2.99. The Bertz CT molecular complexity index is 933. The first kappa shape index (κ1) is 18.9. The van der Waals surface area contributed by atoms with E-state index in [0.717, 1.165) is 23.4 Å². The lowest BCUT2D eigenvalue weighted by Gasteiger charge is -2.17. The number of allylic oxidation sites excluding steroid dienone is 1. The van der Waals surface area contributed by atoms with Gasteiger partial charge >= 0.3 is 0 Å². The fourth-order valence-corrected chi connectivity index (χ4v) is 2.93. The van der Waals surface area contributed by atoms with Gasteiger partial charge in [0.25, 0.3) is 0 Å². The highest BCUT2D eigenvalue weighted by Crippen LogP contribution is 2.17. The molecular formula is C23H27N3O. The summed E-state index contributed by atoms with van der Waals surface area (Å²) in [7, 11) is 0. The second-order valence-electron chi connectivity index (χ2n) is 7.70. The van der Waals surface area contributed by atoms with Gasteiger partial charge in [0.1, 0.15) is 5.82 Å². The zero-order valence-corrected chi connectivity index (χ0v) is 16.3. The van der Waals surface area contributed by atoms with E-state index in [0.29, 0.717) is 13.0 Å². The minimum absolute atomic E-state index is 0.0640. The number of hydrogen-bond donors (Lipinski definition) is 1. The molecule has 1 heterocycles. The molecule has 0 fully saturated rings. The SMILES string of the molecule is CC(C)(C)C(=O)NCCc1nc2ccccc2n1C/C=C/c1ccccc1. The molecule has 3 aromatic rings. The Morgan fingerprint density at radius 1 is 1.07 bits per heavy atom. The van der Waals surface area contributed by atoms with Crippen LogP contribution in [0.25, 0.3) is 17.1 Å². The quantitative estimate of drug-likeness (QED) is 0.705. The van der Waals surface area contributed by atoms with Crippen LogP contribution < -0.4 is 5.32 Å². The number of imidazole rings is 1. The van der Waals surface area contributed by atoms with Crippen molar-refractivity contribution >= 4 is 23.0 Å². The zero-order valence-electron chi connectivity index (χ0n) is 16.3. The van der Waals surface area contributed by atoms with Crippen LogP contribution in [0.1, 0.15) is 32.2 Å². The Labute approximate surface area is 160 Å². The molecular weight excluding hydrogens is 334 g/mol. The molecule has 140 valence electrons. The van der Waals surface area contributed by atoms with Crippen LogP contribution in [0.3, 0.4) is 0 Å². The molecule has 0 atom stereocenters. The van der Waals surface area contributed by atoms with E-state index in [1.807, 2.05) is 57.2 Å². The van der Waals surface area contributed by atoms with Crippen LogP contribution in [0.15, 0.2) is 60.7 Å². The van der Waals surface area contributed by atoms with Crippen molar-refractivity contribution in [2.45, 2.75) is 33.7 Å². The summed E-state index contributed by atoms with van der Waals surface area (Å²) >= 11 is 0. The highest BCUT2D eigenvalue weighted by Gasteiger charge is 2.20. The second kappa shape index (κ2) is 8.21. The van der Waals surface area contributed by atoms with E-state index in [4.69, 9.17) is 4.98 Å². The van der Waals surface area contributed by atoms with Crippen LogP contribution in [0.4, 0.5) is 0 Å². The molecule has 27 heavy (non-hydrogen) atoms. The molecule has 0 spiro atoms. The van der Waals surface area contributed by atoms with Crippen LogP contribution in [-0.2, 0) is 17.8 Å². The van der Waals surface area contributed by atoms with Gasteiger partial charge in [-0.05, 0) is 17.7 Å². The fraction of sp³-hybridized carbons (Fsp3) is 0.304. The number of aromatic nitrogens is 2. The number of amides is 1. The molecule has 2 aromatic carbocycles. The van der Waals surface area contributed by atoms with Crippen molar-refractivity contribution in [1.29, 1.82) is 0 Å². The maximum absolute atomic E-state index is 12.1. The Kier molecular flexibility index (Phi) is 5.75. The number of para-hydroxylation sites is 2. The third-order valence-corrected chi connectivity index (χ3v) is 4.45. The lowest BCUT2D eigenvalue weighted by molar-refractivity contribution is -0.128. The zero-order chi connectivity index (χ0) is 19.3. The summed E-state index contributed by atoms with van der Waals surface area (Å²) < 4.78 is 2.22. The number of rotatable bonds is 6. The largest absolute Gasteiger partial charge is 0.355 e. The normalized spacial score (nSPS) is 12.0. The van der Waals surface area contributed by atoms with E-state index in [1.165, 1.54) is 5.56 Å². The number of fused-ring (bicyclic) bond motifs is 1. The molecule has 0 aliphatic heterocycles. The van der Waals surface area contributed by atoms with E-state index >= 15 is 0 Å². The van der Waals surface area contributed by atoms with Gasteiger partial charge in [-0.2, -0.15) is 0 Å². The van der Waals surface area contributed by atoms with Crippen molar-refractivity contribution in [2.75, 3.05) is 6.54 Å². The summed E-state index contributed by atoms with van der Waals surface area (Å²) in [5.41, 5.74) is 2.91. The van der Waals surface area contributed by atoms with Crippen molar-refractivity contribution in [1.82, 2.24) is 14.9 Å². The van der Waals surface area contributed by atoms with Crippen LogP contribution in [-0.4, -0.2) is 22.0 Å². The average molecular weight is 361 g/mol. The predicted octanol–water partition coefficient (Wildman–Crippen LogP) is 4.45. The molecule has 1 aromatic heterocycles. The molecule has 0 aliphatic carbocycles. The molecule has 0 radical (unpaired) electrons. The predicted molar refractivity (Wildman–Crippen MR) is 111 cm³/mol. The van der Waals surface area contributed by atoms with Crippen molar-refractivity contribution in [3.05, 3.63) is 72.1 Å². The summed E-state index contributed by atoms with van der Waals surface area (Å²) in [6.07, 6.45) is 4.98. The molecule has 0 aliphatic rings. The van der Waals surface area contributed by atoms with Crippen LogP contribution in [0, 0.1) is 5.41 Å². The third kappa shape index (κ3) is 4.85. The van der Waals surface area contributed by atoms with E-state index < -0.39 is 0 Å². The van der Waals surface area contributed by atoms with Gasteiger partial charge in [0, 0.05) is 24.9 Å². The summed E-state index contributed by atoms with van der Waals surface area (Å²) in [6.45, 7) is 7.10. The summed E-state index contributed by atoms with van der Waals surface area (Å²) in [5.74, 6) is 1.05. The lowest BCUT2D eigenvalue weighted by Crippen LogP contribution is -2.36. The van der Waals surface area contributed by atoms with Crippen molar-refractivity contribution in [2.24, 2.45) is 5.41 Å². The lowest BCUT2D eigenvalue weighted by atomic mass is 9.96. The number of carbonyl (C=O) groups excluding carboxylic acids is 1. The van der Waals surface area contributed by atoms with Gasteiger partial charge in [-0.1, -0.05) is 75.4 Å². The van der Waals surface area contributed by atoms with E-state index in [1.54, 1.807) is 0 Å². The molecule has 0 unspecified atom stereocenters. The van der Waals surface area contributed by atoms with Gasteiger partial charge in [0.05, 0.1) is 11.0 Å². The molecule has 0 saturated heterocycles.